The highest BCUT2D eigenvalue weighted by Crippen LogP contribution is 2.40. The molecule has 33 heavy (non-hydrogen) atoms. The maximum Gasteiger partial charge on any atom is 0.410 e. The molecule has 0 radical (unpaired) electrons. The third-order valence-corrected chi connectivity index (χ3v) is 6.68. The van der Waals surface area contributed by atoms with E-state index >= 15 is 0 Å². The highest BCUT2D eigenvalue weighted by Gasteiger charge is 2.31. The Morgan fingerprint density at radius 3 is 2.45 bits per heavy atom. The second-order valence-corrected chi connectivity index (χ2v) is 11.5. The average Bonchev–Trinajstić information content (AvgIpc) is 3.01. The third-order valence-electron chi connectivity index (χ3n) is 6.09. The van der Waals surface area contributed by atoms with Gasteiger partial charge in [0.25, 0.3) is 10.1 Å². The number of nitrogens with zero attached hydrogens (tertiary/aromatic N) is 4. The first-order valence-electron chi connectivity index (χ1n) is 11.3. The molecular formula is C23H32N4O5S. The fraction of sp³-hybridized carbons (Fsp3) is 0.609. The van der Waals surface area contributed by atoms with E-state index in [0.29, 0.717) is 26.1 Å². The zero-order valence-electron chi connectivity index (χ0n) is 19.9. The molecule has 180 valence electrons. The van der Waals surface area contributed by atoms with Crippen LogP contribution >= 0.6 is 0 Å². The summed E-state index contributed by atoms with van der Waals surface area (Å²) in [5.74, 6) is 0.264. The molecule has 1 amide bonds. The van der Waals surface area contributed by atoms with E-state index in [9.17, 15) is 13.2 Å². The van der Waals surface area contributed by atoms with Crippen molar-refractivity contribution in [3.05, 3.63) is 35.0 Å². The number of rotatable bonds is 3. The van der Waals surface area contributed by atoms with E-state index < -0.39 is 21.8 Å². The summed E-state index contributed by atoms with van der Waals surface area (Å²) in [5, 5.41) is 8.43. The molecule has 10 heteroatoms. The Morgan fingerprint density at radius 2 is 1.82 bits per heavy atom. The monoisotopic (exact) mass is 476 g/mol. The standard InChI is InChI=1S/C23H32N4O5S/c1-15-21-18-7-6-17(16-8-11-26(12-9-16)22(28)31-23(2,3)4)14-19(18)20(32-33(5,29)30)10-13-27(21)25-24-15/h6-7,14,16,20H,8-13H2,1-5H3. The minimum atomic E-state index is -3.64. The van der Waals surface area contributed by atoms with E-state index in [0.717, 1.165) is 47.2 Å². The number of fused-ring (bicyclic) bond motifs is 3. The molecule has 4 rings (SSSR count). The van der Waals surface area contributed by atoms with Gasteiger partial charge in [-0.05, 0) is 64.0 Å². The van der Waals surface area contributed by atoms with Gasteiger partial charge >= 0.3 is 6.09 Å². The number of carbonyl (C=O) groups is 1. The van der Waals surface area contributed by atoms with Gasteiger partial charge in [0.1, 0.15) is 11.7 Å². The highest BCUT2D eigenvalue weighted by molar-refractivity contribution is 7.86. The second-order valence-electron chi connectivity index (χ2n) is 9.91. The summed E-state index contributed by atoms with van der Waals surface area (Å²) in [6.07, 6.45) is 2.33. The van der Waals surface area contributed by atoms with E-state index in [2.05, 4.69) is 22.4 Å². The summed E-state index contributed by atoms with van der Waals surface area (Å²) in [6, 6.07) is 6.18. The first-order valence-corrected chi connectivity index (χ1v) is 13.1. The smallest absolute Gasteiger partial charge is 0.410 e. The minimum Gasteiger partial charge on any atom is -0.444 e. The molecule has 0 bridgehead atoms. The van der Waals surface area contributed by atoms with Crippen LogP contribution in [0.1, 0.15) is 68.9 Å². The van der Waals surface area contributed by atoms with Gasteiger partial charge in [0.15, 0.2) is 0 Å². The molecule has 3 heterocycles. The molecule has 2 aliphatic heterocycles. The van der Waals surface area contributed by atoms with Crippen LogP contribution < -0.4 is 0 Å². The van der Waals surface area contributed by atoms with E-state index in [-0.39, 0.29) is 12.0 Å². The molecule has 0 N–H and O–H groups in total. The molecule has 1 saturated heterocycles. The summed E-state index contributed by atoms with van der Waals surface area (Å²) in [4.78, 5) is 14.2. The lowest BCUT2D eigenvalue weighted by Gasteiger charge is -2.34. The maximum atomic E-state index is 12.4. The normalized spacial score (nSPS) is 19.5. The van der Waals surface area contributed by atoms with Gasteiger partial charge in [-0.3, -0.25) is 4.18 Å². The fourth-order valence-electron chi connectivity index (χ4n) is 4.64. The largest absolute Gasteiger partial charge is 0.444 e. The minimum absolute atomic E-state index is 0.264. The molecule has 1 fully saturated rings. The van der Waals surface area contributed by atoms with Crippen molar-refractivity contribution in [1.82, 2.24) is 19.9 Å². The molecule has 9 nitrogen and oxygen atoms in total. The van der Waals surface area contributed by atoms with Gasteiger partial charge in [-0.15, -0.1) is 5.10 Å². The Kier molecular flexibility index (Phi) is 6.26. The van der Waals surface area contributed by atoms with Crippen LogP contribution in [0, 0.1) is 6.92 Å². The number of aryl methyl sites for hydroxylation is 2. The first kappa shape index (κ1) is 23.7. The Balaban J connectivity index is 1.60. The van der Waals surface area contributed by atoms with Crippen LogP contribution in [-0.4, -0.2) is 59.4 Å². The van der Waals surface area contributed by atoms with Gasteiger partial charge in [-0.2, -0.15) is 8.42 Å². The van der Waals surface area contributed by atoms with E-state index in [1.54, 1.807) is 4.90 Å². The summed E-state index contributed by atoms with van der Waals surface area (Å²) >= 11 is 0. The van der Waals surface area contributed by atoms with Gasteiger partial charge in [0, 0.05) is 25.2 Å². The van der Waals surface area contributed by atoms with E-state index in [1.165, 1.54) is 0 Å². The Hall–Kier alpha value is -2.46. The van der Waals surface area contributed by atoms with Crippen LogP contribution in [0.2, 0.25) is 0 Å². The molecular weight excluding hydrogens is 444 g/mol. The zero-order valence-corrected chi connectivity index (χ0v) is 20.7. The molecule has 0 spiro atoms. The second kappa shape index (κ2) is 8.72. The first-order chi connectivity index (χ1) is 15.4. The number of aromatic nitrogens is 3. The van der Waals surface area contributed by atoms with Crippen LogP contribution in [0.3, 0.4) is 0 Å². The van der Waals surface area contributed by atoms with Gasteiger partial charge in [0.2, 0.25) is 0 Å². The molecule has 1 aromatic carbocycles. The molecule has 0 aliphatic carbocycles. The summed E-state index contributed by atoms with van der Waals surface area (Å²) in [7, 11) is -3.64. The van der Waals surface area contributed by atoms with Crippen LogP contribution in [-0.2, 0) is 25.6 Å². The van der Waals surface area contributed by atoms with Crippen molar-refractivity contribution < 1.29 is 22.1 Å². The van der Waals surface area contributed by atoms with Crippen molar-refractivity contribution in [3.63, 3.8) is 0 Å². The number of carbonyl (C=O) groups excluding carboxylic acids is 1. The summed E-state index contributed by atoms with van der Waals surface area (Å²) < 4.78 is 36.8. The average molecular weight is 477 g/mol. The maximum absolute atomic E-state index is 12.4. The Bertz CT molecular complexity index is 1140. The SMILES string of the molecule is Cc1nnn2c1-c1ccc(C3CCN(C(=O)OC(C)(C)C)CC3)cc1C(OS(C)(=O)=O)CC2. The predicted molar refractivity (Wildman–Crippen MR) is 123 cm³/mol. The number of likely N-dealkylation sites (tertiary alicyclic amines) is 1. The lowest BCUT2D eigenvalue weighted by atomic mass is 9.86. The number of hydrogen-bond donors (Lipinski definition) is 0. The lowest BCUT2D eigenvalue weighted by Crippen LogP contribution is -2.41. The number of piperidine rings is 1. The quantitative estimate of drug-likeness (QED) is 0.621. The van der Waals surface area contributed by atoms with Gasteiger partial charge in [-0.25, -0.2) is 9.48 Å². The summed E-state index contributed by atoms with van der Waals surface area (Å²) in [6.45, 7) is 9.27. The van der Waals surface area contributed by atoms with Crippen molar-refractivity contribution in [1.29, 1.82) is 0 Å². The molecule has 1 atom stereocenters. The Labute approximate surface area is 195 Å². The lowest BCUT2D eigenvalue weighted by molar-refractivity contribution is 0.0205. The Morgan fingerprint density at radius 1 is 1.12 bits per heavy atom. The summed E-state index contributed by atoms with van der Waals surface area (Å²) in [5.41, 5.74) is 4.05. The highest BCUT2D eigenvalue weighted by atomic mass is 32.2. The van der Waals surface area contributed by atoms with Gasteiger partial charge in [-0.1, -0.05) is 23.4 Å². The van der Waals surface area contributed by atoms with Gasteiger partial charge in [0.05, 0.1) is 17.6 Å². The van der Waals surface area contributed by atoms with Crippen LogP contribution in [0.15, 0.2) is 18.2 Å². The van der Waals surface area contributed by atoms with Crippen LogP contribution in [0.4, 0.5) is 4.79 Å². The van der Waals surface area contributed by atoms with Gasteiger partial charge < -0.3 is 9.64 Å². The number of benzene rings is 1. The van der Waals surface area contributed by atoms with Crippen molar-refractivity contribution in [2.45, 2.75) is 71.1 Å². The zero-order chi connectivity index (χ0) is 24.0. The third kappa shape index (κ3) is 5.38. The predicted octanol–water partition coefficient (Wildman–Crippen LogP) is 3.79. The van der Waals surface area contributed by atoms with E-state index in [4.69, 9.17) is 8.92 Å². The van der Waals surface area contributed by atoms with Crippen LogP contribution in [0.5, 0.6) is 0 Å². The molecule has 2 aliphatic rings. The van der Waals surface area contributed by atoms with Crippen LogP contribution in [0.25, 0.3) is 11.3 Å². The van der Waals surface area contributed by atoms with Crippen molar-refractivity contribution >= 4 is 16.2 Å². The molecule has 1 unspecified atom stereocenters. The fourth-order valence-corrected chi connectivity index (χ4v) is 5.26. The number of hydrogen-bond acceptors (Lipinski definition) is 7. The molecule has 0 saturated carbocycles. The van der Waals surface area contributed by atoms with E-state index in [1.807, 2.05) is 38.4 Å². The topological polar surface area (TPSA) is 104 Å². The number of amides is 1. The van der Waals surface area contributed by atoms with Crippen molar-refractivity contribution in [2.24, 2.45) is 0 Å². The molecule has 1 aromatic heterocycles. The number of ether oxygens (including phenoxy) is 1. The molecule has 2 aromatic rings. The van der Waals surface area contributed by atoms with Crippen molar-refractivity contribution in [3.8, 4) is 11.3 Å². The van der Waals surface area contributed by atoms with Crippen molar-refractivity contribution in [2.75, 3.05) is 19.3 Å².